The molecule has 0 rings (SSSR count). The predicted molar refractivity (Wildman–Crippen MR) is 83.3 cm³/mol. The minimum atomic E-state index is -0.0554. The van der Waals surface area contributed by atoms with E-state index in [2.05, 4.69) is 64.0 Å². The first-order chi connectivity index (χ1) is 7.54. The van der Waals surface area contributed by atoms with Crippen LogP contribution in [0.25, 0.3) is 0 Å². The Morgan fingerprint density at radius 1 is 1.00 bits per heavy atom. The van der Waals surface area contributed by atoms with Crippen molar-refractivity contribution in [2.24, 2.45) is 0 Å². The van der Waals surface area contributed by atoms with Crippen LogP contribution in [0.4, 0.5) is 0 Å². The standard InChI is InChI=1S/C12H25N3S2/c1-8(2)15(9(3)4)11(17)13-10(16)14-12(5,6)7/h8-9H,1-7H3,(H2,13,14,16,17). The van der Waals surface area contributed by atoms with Crippen LogP contribution in [0.15, 0.2) is 0 Å². The molecule has 0 aromatic rings. The first-order valence-electron chi connectivity index (χ1n) is 5.96. The molecule has 100 valence electrons. The van der Waals surface area contributed by atoms with Crippen LogP contribution < -0.4 is 10.6 Å². The molecule has 0 bridgehead atoms. The average molecular weight is 275 g/mol. The minimum Gasteiger partial charge on any atom is -0.358 e. The van der Waals surface area contributed by atoms with Crippen molar-refractivity contribution in [2.45, 2.75) is 66.1 Å². The van der Waals surface area contributed by atoms with Gasteiger partial charge >= 0.3 is 0 Å². The fourth-order valence-corrected chi connectivity index (χ4v) is 2.59. The molecule has 0 fully saturated rings. The average Bonchev–Trinajstić information content (AvgIpc) is 1.96. The number of rotatable bonds is 2. The molecule has 0 amide bonds. The fraction of sp³-hybridized carbons (Fsp3) is 0.833. The zero-order valence-corrected chi connectivity index (χ0v) is 13.6. The number of hydrogen-bond acceptors (Lipinski definition) is 2. The largest absolute Gasteiger partial charge is 0.358 e. The molecule has 0 atom stereocenters. The van der Waals surface area contributed by atoms with Crippen LogP contribution in [0.5, 0.6) is 0 Å². The van der Waals surface area contributed by atoms with E-state index in [4.69, 9.17) is 24.4 Å². The normalized spacial score (nSPS) is 11.6. The Kier molecular flexibility index (Phi) is 6.34. The highest BCUT2D eigenvalue weighted by atomic mass is 32.1. The molecule has 0 aliphatic carbocycles. The monoisotopic (exact) mass is 275 g/mol. The zero-order valence-electron chi connectivity index (χ0n) is 11.9. The van der Waals surface area contributed by atoms with Gasteiger partial charge in [0.2, 0.25) is 0 Å². The van der Waals surface area contributed by atoms with Crippen molar-refractivity contribution in [3.8, 4) is 0 Å². The van der Waals surface area contributed by atoms with Gasteiger partial charge in [-0.2, -0.15) is 0 Å². The van der Waals surface area contributed by atoms with Gasteiger partial charge in [0, 0.05) is 17.6 Å². The van der Waals surface area contributed by atoms with E-state index in [9.17, 15) is 0 Å². The summed E-state index contributed by atoms with van der Waals surface area (Å²) in [7, 11) is 0. The third kappa shape index (κ3) is 6.78. The molecule has 3 nitrogen and oxygen atoms in total. The van der Waals surface area contributed by atoms with E-state index in [1.54, 1.807) is 0 Å². The Bertz CT molecular complexity index is 272. The van der Waals surface area contributed by atoms with Gasteiger partial charge in [0.25, 0.3) is 0 Å². The molecule has 0 unspecified atom stereocenters. The highest BCUT2D eigenvalue weighted by molar-refractivity contribution is 7.81. The van der Waals surface area contributed by atoms with Gasteiger partial charge in [-0.3, -0.25) is 0 Å². The summed E-state index contributed by atoms with van der Waals surface area (Å²) in [6, 6.07) is 0.708. The molecule has 0 aliphatic heterocycles. The lowest BCUT2D eigenvalue weighted by atomic mass is 10.1. The number of nitrogens with zero attached hydrogens (tertiary/aromatic N) is 1. The van der Waals surface area contributed by atoms with Gasteiger partial charge < -0.3 is 15.5 Å². The van der Waals surface area contributed by atoms with Crippen molar-refractivity contribution >= 4 is 34.7 Å². The van der Waals surface area contributed by atoms with Crippen molar-refractivity contribution in [2.75, 3.05) is 0 Å². The van der Waals surface area contributed by atoms with Gasteiger partial charge in [-0.15, -0.1) is 0 Å². The van der Waals surface area contributed by atoms with Gasteiger partial charge in [0.15, 0.2) is 10.2 Å². The van der Waals surface area contributed by atoms with Gasteiger partial charge in [-0.1, -0.05) is 0 Å². The first-order valence-corrected chi connectivity index (χ1v) is 6.77. The van der Waals surface area contributed by atoms with Crippen LogP contribution in [0.3, 0.4) is 0 Å². The molecular weight excluding hydrogens is 250 g/mol. The third-order valence-corrected chi connectivity index (χ3v) is 2.57. The van der Waals surface area contributed by atoms with Gasteiger partial charge in [0.1, 0.15) is 0 Å². The molecule has 0 aliphatic rings. The Hall–Kier alpha value is -0.420. The summed E-state index contributed by atoms with van der Waals surface area (Å²) in [6.07, 6.45) is 0. The van der Waals surface area contributed by atoms with Crippen molar-refractivity contribution < 1.29 is 0 Å². The summed E-state index contributed by atoms with van der Waals surface area (Å²) in [6.45, 7) is 14.7. The summed E-state index contributed by atoms with van der Waals surface area (Å²) in [5.74, 6) is 0. The molecule has 0 heterocycles. The van der Waals surface area contributed by atoms with E-state index in [1.807, 2.05) is 0 Å². The van der Waals surface area contributed by atoms with Crippen LogP contribution in [-0.4, -0.2) is 32.7 Å². The van der Waals surface area contributed by atoms with Crippen molar-refractivity contribution in [3.63, 3.8) is 0 Å². The van der Waals surface area contributed by atoms with E-state index in [1.165, 1.54) is 0 Å². The molecule has 0 aromatic carbocycles. The van der Waals surface area contributed by atoms with Gasteiger partial charge in [-0.05, 0) is 72.9 Å². The fourth-order valence-electron chi connectivity index (χ4n) is 1.60. The topological polar surface area (TPSA) is 27.3 Å². The first kappa shape index (κ1) is 16.6. The quantitative estimate of drug-likeness (QED) is 0.756. The van der Waals surface area contributed by atoms with Crippen LogP contribution in [0.1, 0.15) is 48.5 Å². The Labute approximate surface area is 116 Å². The highest BCUT2D eigenvalue weighted by Crippen LogP contribution is 2.06. The second-order valence-electron chi connectivity index (χ2n) is 5.73. The van der Waals surface area contributed by atoms with Crippen LogP contribution >= 0.6 is 24.4 Å². The molecule has 0 saturated heterocycles. The highest BCUT2D eigenvalue weighted by Gasteiger charge is 2.18. The molecule has 17 heavy (non-hydrogen) atoms. The van der Waals surface area contributed by atoms with E-state index in [0.29, 0.717) is 22.3 Å². The molecule has 0 aromatic heterocycles. The zero-order chi connectivity index (χ0) is 13.8. The van der Waals surface area contributed by atoms with E-state index in [-0.39, 0.29) is 5.54 Å². The van der Waals surface area contributed by atoms with Crippen molar-refractivity contribution in [1.29, 1.82) is 0 Å². The molecule has 2 N–H and O–H groups in total. The lowest BCUT2D eigenvalue weighted by molar-refractivity contribution is 0.291. The molecule has 5 heteroatoms. The van der Waals surface area contributed by atoms with Crippen LogP contribution in [0, 0.1) is 0 Å². The third-order valence-electron chi connectivity index (χ3n) is 2.06. The lowest BCUT2D eigenvalue weighted by Crippen LogP contribution is -2.54. The van der Waals surface area contributed by atoms with Crippen LogP contribution in [-0.2, 0) is 0 Å². The maximum atomic E-state index is 5.38. The SMILES string of the molecule is CC(C)N(C(=S)NC(=S)NC(C)(C)C)C(C)C. The van der Waals surface area contributed by atoms with Crippen molar-refractivity contribution in [1.82, 2.24) is 15.5 Å². The van der Waals surface area contributed by atoms with E-state index < -0.39 is 0 Å². The molecule has 0 radical (unpaired) electrons. The second-order valence-corrected chi connectivity index (χ2v) is 6.52. The summed E-state index contributed by atoms with van der Waals surface area (Å²) in [5, 5.41) is 7.52. The Morgan fingerprint density at radius 3 is 1.71 bits per heavy atom. The van der Waals surface area contributed by atoms with Gasteiger partial charge in [-0.25, -0.2) is 0 Å². The Morgan fingerprint density at radius 2 is 1.41 bits per heavy atom. The summed E-state index contributed by atoms with van der Waals surface area (Å²) in [5.41, 5.74) is -0.0554. The van der Waals surface area contributed by atoms with E-state index in [0.717, 1.165) is 0 Å². The Balaban J connectivity index is 4.47. The number of nitrogens with one attached hydrogen (secondary N) is 2. The minimum absolute atomic E-state index is 0.0554. The summed E-state index contributed by atoms with van der Waals surface area (Å²) < 4.78 is 0. The van der Waals surface area contributed by atoms with Gasteiger partial charge in [0.05, 0.1) is 0 Å². The maximum absolute atomic E-state index is 5.38. The maximum Gasteiger partial charge on any atom is 0.175 e. The molecular formula is C12H25N3S2. The van der Waals surface area contributed by atoms with Crippen molar-refractivity contribution in [3.05, 3.63) is 0 Å². The van der Waals surface area contributed by atoms with Crippen LogP contribution in [0.2, 0.25) is 0 Å². The second kappa shape index (κ2) is 6.50. The smallest absolute Gasteiger partial charge is 0.175 e. The molecule has 0 spiro atoms. The lowest BCUT2D eigenvalue weighted by Gasteiger charge is -2.34. The summed E-state index contributed by atoms with van der Waals surface area (Å²) in [4.78, 5) is 2.13. The molecule has 0 saturated carbocycles. The summed E-state index contributed by atoms with van der Waals surface area (Å²) >= 11 is 10.6. The number of hydrogen-bond donors (Lipinski definition) is 2. The predicted octanol–water partition coefficient (Wildman–Crippen LogP) is 2.65. The number of thiocarbonyl (C=S) groups is 2. The van der Waals surface area contributed by atoms with E-state index >= 15 is 0 Å².